The van der Waals surface area contributed by atoms with Crippen LogP contribution in [0.1, 0.15) is 54.5 Å². The number of H-pyrrole nitrogens is 1. The number of aromatic nitrogens is 4. The van der Waals surface area contributed by atoms with Crippen LogP contribution >= 0.6 is 11.3 Å². The molecule has 0 aliphatic rings. The van der Waals surface area contributed by atoms with Crippen molar-refractivity contribution in [1.82, 2.24) is 30.6 Å². The average molecular weight is 539 g/mol. The monoisotopic (exact) mass is 538 g/mol. The first-order valence-electron chi connectivity index (χ1n) is 13.0. The van der Waals surface area contributed by atoms with Crippen molar-refractivity contribution in [1.29, 1.82) is 0 Å². The molecule has 5 aromatic rings. The van der Waals surface area contributed by atoms with Gasteiger partial charge in [-0.05, 0) is 41.8 Å². The average Bonchev–Trinajstić information content (AvgIpc) is 3.67. The standard InChI is InChI=1S/C30H30N6O2S/c1-31-27(37)12-4-2-3-11-24(35-29(38)26-19-39-30(36-26)23-10-7-15-32-17-23)28-33-18-25(34-28)22-14-13-20-8-5-6-9-21(20)16-22/h5-10,13-19,24H,2-4,11-12H2,1H3,(H,31,37)(H,33,34)(H,35,38)/t24-/m0/s1. The van der Waals surface area contributed by atoms with Gasteiger partial charge >= 0.3 is 0 Å². The first kappa shape index (κ1) is 26.2. The van der Waals surface area contributed by atoms with Crippen LogP contribution in [-0.2, 0) is 4.79 Å². The third kappa shape index (κ3) is 6.56. The molecule has 1 atom stereocenters. The lowest BCUT2D eigenvalue weighted by Crippen LogP contribution is -2.29. The Hall–Kier alpha value is -4.37. The second-order valence-corrected chi connectivity index (χ2v) is 10.2. The van der Waals surface area contributed by atoms with E-state index in [1.807, 2.05) is 30.5 Å². The summed E-state index contributed by atoms with van der Waals surface area (Å²) in [7, 11) is 1.65. The van der Waals surface area contributed by atoms with Crippen LogP contribution in [-0.4, -0.2) is 38.8 Å². The molecule has 39 heavy (non-hydrogen) atoms. The maximum Gasteiger partial charge on any atom is 0.271 e. The van der Waals surface area contributed by atoms with Gasteiger partial charge in [-0.2, -0.15) is 0 Å². The number of carbonyl (C=O) groups is 2. The van der Waals surface area contributed by atoms with Gasteiger partial charge in [0.2, 0.25) is 5.91 Å². The first-order valence-corrected chi connectivity index (χ1v) is 13.9. The third-order valence-corrected chi connectivity index (χ3v) is 7.50. The van der Waals surface area contributed by atoms with E-state index in [0.29, 0.717) is 24.4 Å². The van der Waals surface area contributed by atoms with Crippen molar-refractivity contribution in [2.75, 3.05) is 7.05 Å². The number of thiazole rings is 1. The van der Waals surface area contributed by atoms with Crippen molar-refractivity contribution in [2.24, 2.45) is 0 Å². The quantitative estimate of drug-likeness (QED) is 0.181. The van der Waals surface area contributed by atoms with E-state index in [1.165, 1.54) is 16.7 Å². The van der Waals surface area contributed by atoms with Gasteiger partial charge in [-0.25, -0.2) is 9.97 Å². The van der Waals surface area contributed by atoms with E-state index >= 15 is 0 Å². The highest BCUT2D eigenvalue weighted by Gasteiger charge is 2.21. The third-order valence-electron chi connectivity index (χ3n) is 6.61. The minimum Gasteiger partial charge on any atom is -0.359 e. The molecule has 5 rings (SSSR count). The van der Waals surface area contributed by atoms with E-state index in [9.17, 15) is 9.59 Å². The lowest BCUT2D eigenvalue weighted by molar-refractivity contribution is -0.120. The molecule has 0 bridgehead atoms. The second kappa shape index (κ2) is 12.4. The number of nitrogens with zero attached hydrogens (tertiary/aromatic N) is 3. The number of carbonyl (C=O) groups excluding carboxylic acids is 2. The number of hydrogen-bond acceptors (Lipinski definition) is 6. The van der Waals surface area contributed by atoms with Crippen LogP contribution in [0.25, 0.3) is 32.6 Å². The van der Waals surface area contributed by atoms with Gasteiger partial charge < -0.3 is 15.6 Å². The Labute approximate surface area is 231 Å². The number of nitrogens with one attached hydrogen (secondary N) is 3. The Morgan fingerprint density at radius 1 is 0.974 bits per heavy atom. The van der Waals surface area contributed by atoms with E-state index in [-0.39, 0.29) is 17.9 Å². The van der Waals surface area contributed by atoms with E-state index in [1.54, 1.807) is 24.8 Å². The summed E-state index contributed by atoms with van der Waals surface area (Å²) < 4.78 is 0. The van der Waals surface area contributed by atoms with Crippen molar-refractivity contribution < 1.29 is 9.59 Å². The predicted octanol–water partition coefficient (Wildman–Crippen LogP) is 5.92. The van der Waals surface area contributed by atoms with Crippen molar-refractivity contribution in [3.63, 3.8) is 0 Å². The Bertz CT molecular complexity index is 1560. The molecule has 0 spiro atoms. The molecule has 0 saturated carbocycles. The van der Waals surface area contributed by atoms with Gasteiger partial charge in [-0.15, -0.1) is 11.3 Å². The minimum atomic E-state index is -0.324. The van der Waals surface area contributed by atoms with Crippen molar-refractivity contribution in [2.45, 2.75) is 38.1 Å². The summed E-state index contributed by atoms with van der Waals surface area (Å²) in [6.07, 6.45) is 8.94. The molecule has 8 nitrogen and oxygen atoms in total. The number of hydrogen-bond donors (Lipinski definition) is 3. The van der Waals surface area contributed by atoms with Crippen molar-refractivity contribution >= 4 is 33.9 Å². The van der Waals surface area contributed by atoms with Crippen LogP contribution < -0.4 is 10.6 Å². The zero-order valence-corrected chi connectivity index (χ0v) is 22.5. The van der Waals surface area contributed by atoms with Crippen LogP contribution in [0.5, 0.6) is 0 Å². The lowest BCUT2D eigenvalue weighted by atomic mass is 10.1. The van der Waals surface area contributed by atoms with Gasteiger partial charge in [-0.1, -0.05) is 49.2 Å². The highest BCUT2D eigenvalue weighted by molar-refractivity contribution is 7.13. The van der Waals surface area contributed by atoms with E-state index in [4.69, 9.17) is 0 Å². The number of pyridine rings is 1. The molecule has 3 heterocycles. The van der Waals surface area contributed by atoms with E-state index in [0.717, 1.165) is 46.5 Å². The molecular weight excluding hydrogens is 508 g/mol. The smallest absolute Gasteiger partial charge is 0.271 e. The number of unbranched alkanes of at least 4 members (excludes halogenated alkanes) is 2. The molecule has 3 N–H and O–H groups in total. The number of rotatable bonds is 11. The Kier molecular flexibility index (Phi) is 8.38. The van der Waals surface area contributed by atoms with Crippen molar-refractivity contribution in [3.8, 4) is 21.8 Å². The van der Waals surface area contributed by atoms with Gasteiger partial charge in [0.15, 0.2) is 0 Å². The van der Waals surface area contributed by atoms with Crippen LogP contribution in [0, 0.1) is 0 Å². The molecule has 0 saturated heterocycles. The fourth-order valence-corrected chi connectivity index (χ4v) is 5.25. The second-order valence-electron chi connectivity index (χ2n) is 9.32. The zero-order valence-electron chi connectivity index (χ0n) is 21.7. The lowest BCUT2D eigenvalue weighted by Gasteiger charge is -2.16. The van der Waals surface area contributed by atoms with Gasteiger partial charge in [0.25, 0.3) is 5.91 Å². The maximum absolute atomic E-state index is 13.2. The SMILES string of the molecule is CNC(=O)CCCCC[C@H](NC(=O)c1csc(-c2cccnc2)n1)c1ncc(-c2ccc3ccccc3c2)[nH]1. The molecule has 2 amide bonds. The fraction of sp³-hybridized carbons (Fsp3) is 0.233. The maximum atomic E-state index is 13.2. The fourth-order valence-electron chi connectivity index (χ4n) is 4.46. The van der Waals surface area contributed by atoms with Gasteiger partial charge in [0.1, 0.15) is 16.5 Å². The molecule has 9 heteroatoms. The number of amides is 2. The molecule has 3 aromatic heterocycles. The summed E-state index contributed by atoms with van der Waals surface area (Å²) in [6.45, 7) is 0. The topological polar surface area (TPSA) is 113 Å². The molecule has 0 aliphatic heterocycles. The Balaban J connectivity index is 1.32. The normalized spacial score (nSPS) is 11.8. The van der Waals surface area contributed by atoms with Crippen LogP contribution in [0.15, 0.2) is 78.6 Å². The number of benzene rings is 2. The highest BCUT2D eigenvalue weighted by atomic mass is 32.1. The number of imidazole rings is 1. The van der Waals surface area contributed by atoms with E-state index < -0.39 is 0 Å². The molecule has 0 unspecified atom stereocenters. The van der Waals surface area contributed by atoms with Gasteiger partial charge in [0.05, 0.1) is 17.9 Å². The van der Waals surface area contributed by atoms with Crippen molar-refractivity contribution in [3.05, 3.63) is 90.1 Å². The summed E-state index contributed by atoms with van der Waals surface area (Å²) in [5.74, 6) is 0.486. The summed E-state index contributed by atoms with van der Waals surface area (Å²) in [5, 5.41) is 10.6. The molecule has 0 aliphatic carbocycles. The summed E-state index contributed by atoms with van der Waals surface area (Å²) in [6, 6.07) is 18.0. The van der Waals surface area contributed by atoms with E-state index in [2.05, 4.69) is 60.9 Å². The highest BCUT2D eigenvalue weighted by Crippen LogP contribution is 2.27. The summed E-state index contributed by atoms with van der Waals surface area (Å²) in [4.78, 5) is 41.6. The molecule has 198 valence electrons. The first-order chi connectivity index (χ1) is 19.1. The minimum absolute atomic E-state index is 0.0406. The summed E-state index contributed by atoms with van der Waals surface area (Å²) >= 11 is 1.41. The van der Waals surface area contributed by atoms with Crippen LogP contribution in [0.3, 0.4) is 0 Å². The molecule has 0 fully saturated rings. The van der Waals surface area contributed by atoms with Gasteiger partial charge in [-0.3, -0.25) is 14.6 Å². The largest absolute Gasteiger partial charge is 0.359 e. The number of fused-ring (bicyclic) bond motifs is 1. The van der Waals surface area contributed by atoms with Gasteiger partial charge in [0, 0.05) is 42.4 Å². The molecule has 0 radical (unpaired) electrons. The number of aromatic amines is 1. The predicted molar refractivity (Wildman–Crippen MR) is 154 cm³/mol. The Morgan fingerprint density at radius 3 is 2.67 bits per heavy atom. The molecular formula is C30H30N6O2S. The molecule has 2 aromatic carbocycles. The van der Waals surface area contributed by atoms with Crippen LogP contribution in [0.2, 0.25) is 0 Å². The van der Waals surface area contributed by atoms with Crippen LogP contribution in [0.4, 0.5) is 0 Å². The zero-order chi connectivity index (χ0) is 27.0. The summed E-state index contributed by atoms with van der Waals surface area (Å²) in [5.41, 5.74) is 3.16. The Morgan fingerprint density at radius 2 is 1.85 bits per heavy atom.